The molecule has 0 saturated heterocycles. The SMILES string of the molecule is N#Cc1ccc(C(=O)N2CCC(=O)c3ccccc32)cc1. The van der Waals surface area contributed by atoms with Crippen LogP contribution in [0.15, 0.2) is 48.5 Å². The summed E-state index contributed by atoms with van der Waals surface area (Å²) in [6, 6.07) is 15.7. The van der Waals surface area contributed by atoms with E-state index in [-0.39, 0.29) is 11.7 Å². The quantitative estimate of drug-likeness (QED) is 0.804. The van der Waals surface area contributed by atoms with Crippen LogP contribution in [0.5, 0.6) is 0 Å². The van der Waals surface area contributed by atoms with Crippen LogP contribution in [0.25, 0.3) is 0 Å². The Balaban J connectivity index is 1.97. The molecule has 0 spiro atoms. The highest BCUT2D eigenvalue weighted by Gasteiger charge is 2.27. The summed E-state index contributed by atoms with van der Waals surface area (Å²) in [5, 5.41) is 8.79. The van der Waals surface area contributed by atoms with Gasteiger partial charge < -0.3 is 4.90 Å². The van der Waals surface area contributed by atoms with Crippen molar-refractivity contribution in [1.29, 1.82) is 5.26 Å². The standard InChI is InChI=1S/C17H12N2O2/c18-11-12-5-7-13(8-6-12)17(21)19-10-9-16(20)14-3-1-2-4-15(14)19/h1-8H,9-10H2. The van der Waals surface area contributed by atoms with Crippen LogP contribution in [-0.2, 0) is 0 Å². The van der Waals surface area contributed by atoms with Crippen molar-refractivity contribution in [3.8, 4) is 6.07 Å². The van der Waals surface area contributed by atoms with Gasteiger partial charge in [-0.1, -0.05) is 12.1 Å². The number of fused-ring (bicyclic) bond motifs is 1. The smallest absolute Gasteiger partial charge is 0.258 e. The summed E-state index contributed by atoms with van der Waals surface area (Å²) in [5.41, 5.74) is 2.27. The maximum Gasteiger partial charge on any atom is 0.258 e. The number of hydrogen-bond donors (Lipinski definition) is 0. The average molecular weight is 276 g/mol. The lowest BCUT2D eigenvalue weighted by Gasteiger charge is -2.28. The first-order valence-electron chi connectivity index (χ1n) is 6.65. The summed E-state index contributed by atoms with van der Waals surface area (Å²) in [4.78, 5) is 26.1. The first-order chi connectivity index (χ1) is 10.2. The lowest BCUT2D eigenvalue weighted by molar-refractivity contribution is 0.0955. The molecule has 102 valence electrons. The summed E-state index contributed by atoms with van der Waals surface area (Å²) >= 11 is 0. The fourth-order valence-corrected chi connectivity index (χ4v) is 2.47. The summed E-state index contributed by atoms with van der Waals surface area (Å²) in [6.07, 6.45) is 0.332. The van der Waals surface area contributed by atoms with Gasteiger partial charge in [0.05, 0.1) is 17.3 Å². The summed E-state index contributed by atoms with van der Waals surface area (Å²) in [6.45, 7) is 0.384. The Morgan fingerprint density at radius 3 is 2.52 bits per heavy atom. The molecule has 1 aliphatic heterocycles. The molecule has 1 aliphatic rings. The number of carbonyl (C=O) groups is 2. The number of hydrogen-bond acceptors (Lipinski definition) is 3. The lowest BCUT2D eigenvalue weighted by atomic mass is 9.99. The normalized spacial score (nSPS) is 13.5. The van der Waals surface area contributed by atoms with Gasteiger partial charge in [0.1, 0.15) is 0 Å². The molecule has 0 saturated carbocycles. The van der Waals surface area contributed by atoms with E-state index in [9.17, 15) is 9.59 Å². The molecule has 0 N–H and O–H groups in total. The highest BCUT2D eigenvalue weighted by molar-refractivity contribution is 6.13. The Morgan fingerprint density at radius 1 is 1.10 bits per heavy atom. The van der Waals surface area contributed by atoms with Gasteiger partial charge in [-0.15, -0.1) is 0 Å². The molecule has 4 nitrogen and oxygen atoms in total. The maximum atomic E-state index is 12.6. The van der Waals surface area contributed by atoms with E-state index in [1.54, 1.807) is 47.4 Å². The zero-order valence-corrected chi connectivity index (χ0v) is 11.2. The van der Waals surface area contributed by atoms with Crippen molar-refractivity contribution in [2.45, 2.75) is 6.42 Å². The Morgan fingerprint density at radius 2 is 1.81 bits per heavy atom. The Bertz CT molecular complexity index is 757. The van der Waals surface area contributed by atoms with Crippen molar-refractivity contribution in [2.24, 2.45) is 0 Å². The van der Waals surface area contributed by atoms with Crippen LogP contribution < -0.4 is 4.90 Å². The molecule has 0 aromatic heterocycles. The fourth-order valence-electron chi connectivity index (χ4n) is 2.47. The van der Waals surface area contributed by atoms with E-state index in [4.69, 9.17) is 5.26 Å². The van der Waals surface area contributed by atoms with Gasteiger partial charge in [0, 0.05) is 24.1 Å². The molecule has 4 heteroatoms. The van der Waals surface area contributed by atoms with E-state index in [1.165, 1.54) is 0 Å². The molecule has 0 aliphatic carbocycles. The van der Waals surface area contributed by atoms with Crippen LogP contribution >= 0.6 is 0 Å². The van der Waals surface area contributed by atoms with E-state index < -0.39 is 0 Å². The number of nitriles is 1. The monoisotopic (exact) mass is 276 g/mol. The van der Waals surface area contributed by atoms with Gasteiger partial charge in [-0.2, -0.15) is 5.26 Å². The summed E-state index contributed by atoms with van der Waals surface area (Å²) in [5.74, 6) is -0.0890. The molecule has 1 heterocycles. The Kier molecular flexibility index (Phi) is 3.25. The van der Waals surface area contributed by atoms with E-state index in [0.717, 1.165) is 0 Å². The molecule has 21 heavy (non-hydrogen) atoms. The second-order valence-electron chi connectivity index (χ2n) is 4.84. The van der Waals surface area contributed by atoms with Crippen molar-refractivity contribution in [3.05, 3.63) is 65.2 Å². The van der Waals surface area contributed by atoms with E-state index in [2.05, 4.69) is 0 Å². The molecule has 2 aromatic carbocycles. The highest BCUT2D eigenvalue weighted by atomic mass is 16.2. The second kappa shape index (κ2) is 5.22. The van der Waals surface area contributed by atoms with E-state index >= 15 is 0 Å². The molecule has 3 rings (SSSR count). The van der Waals surface area contributed by atoms with Gasteiger partial charge in [0.25, 0.3) is 5.91 Å². The Labute approximate surface area is 122 Å². The van der Waals surface area contributed by atoms with E-state index in [1.807, 2.05) is 12.1 Å². The predicted octanol–water partition coefficient (Wildman–Crippen LogP) is 2.79. The number of benzene rings is 2. The zero-order valence-electron chi connectivity index (χ0n) is 11.2. The van der Waals surface area contributed by atoms with Gasteiger partial charge >= 0.3 is 0 Å². The third-order valence-electron chi connectivity index (χ3n) is 3.56. The second-order valence-corrected chi connectivity index (χ2v) is 4.84. The molecule has 1 amide bonds. The molecule has 0 fully saturated rings. The van der Waals surface area contributed by atoms with Crippen molar-refractivity contribution < 1.29 is 9.59 Å². The van der Waals surface area contributed by atoms with Crippen LogP contribution in [0.2, 0.25) is 0 Å². The number of ketones is 1. The van der Waals surface area contributed by atoms with Crippen molar-refractivity contribution in [2.75, 3.05) is 11.4 Å². The van der Waals surface area contributed by atoms with Crippen LogP contribution in [0.4, 0.5) is 5.69 Å². The van der Waals surface area contributed by atoms with Gasteiger partial charge in [0.15, 0.2) is 5.78 Å². The van der Waals surface area contributed by atoms with Crippen LogP contribution in [0, 0.1) is 11.3 Å². The molecule has 0 bridgehead atoms. The van der Waals surface area contributed by atoms with Crippen molar-refractivity contribution >= 4 is 17.4 Å². The minimum Gasteiger partial charge on any atom is -0.307 e. The first kappa shape index (κ1) is 13.1. The first-order valence-corrected chi connectivity index (χ1v) is 6.65. The molecule has 0 atom stereocenters. The largest absolute Gasteiger partial charge is 0.307 e. The van der Waals surface area contributed by atoms with E-state index in [0.29, 0.717) is 35.3 Å². The summed E-state index contributed by atoms with van der Waals surface area (Å²) < 4.78 is 0. The molecular weight excluding hydrogens is 264 g/mol. The molecule has 0 radical (unpaired) electrons. The number of Topliss-reactive ketones (excluding diaryl/α,β-unsaturated/α-hetero) is 1. The number of amides is 1. The number of anilines is 1. The van der Waals surface area contributed by atoms with Gasteiger partial charge in [-0.05, 0) is 36.4 Å². The van der Waals surface area contributed by atoms with Gasteiger partial charge in [-0.25, -0.2) is 0 Å². The number of nitrogens with zero attached hydrogens (tertiary/aromatic N) is 2. The Hall–Kier alpha value is -2.93. The number of rotatable bonds is 1. The minimum atomic E-state index is -0.153. The van der Waals surface area contributed by atoms with Gasteiger partial charge in [0.2, 0.25) is 0 Å². The minimum absolute atomic E-state index is 0.0643. The van der Waals surface area contributed by atoms with Crippen LogP contribution in [0.1, 0.15) is 32.7 Å². The fraction of sp³-hybridized carbons (Fsp3) is 0.118. The third-order valence-corrected chi connectivity index (χ3v) is 3.56. The third kappa shape index (κ3) is 2.30. The maximum absolute atomic E-state index is 12.6. The average Bonchev–Trinajstić information content (AvgIpc) is 2.55. The van der Waals surface area contributed by atoms with Crippen LogP contribution in [-0.4, -0.2) is 18.2 Å². The predicted molar refractivity (Wildman–Crippen MR) is 78.2 cm³/mol. The molecule has 2 aromatic rings. The zero-order chi connectivity index (χ0) is 14.8. The number of para-hydroxylation sites is 1. The molecule has 0 unspecified atom stereocenters. The van der Waals surface area contributed by atoms with Crippen molar-refractivity contribution in [1.82, 2.24) is 0 Å². The topological polar surface area (TPSA) is 61.2 Å². The van der Waals surface area contributed by atoms with Crippen LogP contribution in [0.3, 0.4) is 0 Å². The lowest BCUT2D eigenvalue weighted by Crippen LogP contribution is -2.37. The van der Waals surface area contributed by atoms with Gasteiger partial charge in [-0.3, -0.25) is 9.59 Å². The van der Waals surface area contributed by atoms with Crippen molar-refractivity contribution in [3.63, 3.8) is 0 Å². The molecular formula is C17H12N2O2. The summed E-state index contributed by atoms with van der Waals surface area (Å²) in [7, 11) is 0. The highest BCUT2D eigenvalue weighted by Crippen LogP contribution is 2.28. The number of carbonyl (C=O) groups excluding carboxylic acids is 2.